The topological polar surface area (TPSA) is 66.8 Å². The highest BCUT2D eigenvalue weighted by atomic mass is 16.5. The second-order valence-electron chi connectivity index (χ2n) is 5.30. The molecule has 1 aromatic rings. The second kappa shape index (κ2) is 5.94. The standard InChI is InChI=1S/C15H21NO4/c1-10-6-7-11(8-12(10)20-5)9-13(17)16(4)15(2,3)14(18)19/h6-8H,9H2,1-5H3,(H,18,19). The first-order valence-corrected chi connectivity index (χ1v) is 6.33. The molecule has 1 amide bonds. The Hall–Kier alpha value is -2.04. The molecule has 0 saturated carbocycles. The Kier molecular flexibility index (Phi) is 4.76. The van der Waals surface area contributed by atoms with Gasteiger partial charge in [0.1, 0.15) is 11.3 Å². The van der Waals surface area contributed by atoms with Gasteiger partial charge in [-0.25, -0.2) is 4.79 Å². The van der Waals surface area contributed by atoms with Gasteiger partial charge in [-0.3, -0.25) is 4.79 Å². The van der Waals surface area contributed by atoms with Gasteiger partial charge < -0.3 is 14.7 Å². The second-order valence-corrected chi connectivity index (χ2v) is 5.30. The number of carbonyl (C=O) groups excluding carboxylic acids is 1. The summed E-state index contributed by atoms with van der Waals surface area (Å²) in [5.41, 5.74) is 0.555. The Morgan fingerprint density at radius 3 is 2.45 bits per heavy atom. The first-order chi connectivity index (χ1) is 9.20. The lowest BCUT2D eigenvalue weighted by atomic mass is 10.0. The SMILES string of the molecule is COc1cc(CC(=O)N(C)C(C)(C)C(=O)O)ccc1C. The largest absolute Gasteiger partial charge is 0.496 e. The van der Waals surface area contributed by atoms with Crippen LogP contribution >= 0.6 is 0 Å². The highest BCUT2D eigenvalue weighted by molar-refractivity contribution is 5.87. The van der Waals surface area contributed by atoms with Crippen molar-refractivity contribution >= 4 is 11.9 Å². The number of carbonyl (C=O) groups is 2. The quantitative estimate of drug-likeness (QED) is 0.893. The summed E-state index contributed by atoms with van der Waals surface area (Å²) in [5.74, 6) is -0.561. The number of rotatable bonds is 5. The Labute approximate surface area is 119 Å². The van der Waals surface area contributed by atoms with Crippen molar-refractivity contribution in [2.75, 3.05) is 14.2 Å². The lowest BCUT2D eigenvalue weighted by Crippen LogP contribution is -2.51. The molecule has 0 aliphatic carbocycles. The van der Waals surface area contributed by atoms with Crippen LogP contribution in [0.5, 0.6) is 5.75 Å². The number of aliphatic carboxylic acids is 1. The van der Waals surface area contributed by atoms with E-state index in [0.717, 1.165) is 16.9 Å². The van der Waals surface area contributed by atoms with E-state index in [1.807, 2.05) is 19.1 Å². The van der Waals surface area contributed by atoms with Crippen LogP contribution in [-0.4, -0.2) is 41.6 Å². The Balaban J connectivity index is 2.88. The molecule has 0 heterocycles. The number of likely N-dealkylation sites (N-methyl/N-ethyl adjacent to an activating group) is 1. The first-order valence-electron chi connectivity index (χ1n) is 6.33. The zero-order chi connectivity index (χ0) is 15.5. The van der Waals surface area contributed by atoms with E-state index in [1.54, 1.807) is 13.2 Å². The summed E-state index contributed by atoms with van der Waals surface area (Å²) in [6.45, 7) is 4.93. The maximum absolute atomic E-state index is 12.2. The van der Waals surface area contributed by atoms with Gasteiger partial charge in [0.05, 0.1) is 13.5 Å². The van der Waals surface area contributed by atoms with Gasteiger partial charge in [-0.1, -0.05) is 12.1 Å². The Morgan fingerprint density at radius 2 is 1.95 bits per heavy atom. The van der Waals surface area contributed by atoms with Crippen molar-refractivity contribution in [3.8, 4) is 5.75 Å². The normalized spacial score (nSPS) is 11.1. The highest BCUT2D eigenvalue weighted by Gasteiger charge is 2.34. The third-order valence-corrected chi connectivity index (χ3v) is 3.56. The number of aryl methyl sites for hydroxylation is 1. The predicted octanol–water partition coefficient (Wildman–Crippen LogP) is 1.87. The van der Waals surface area contributed by atoms with Crippen molar-refractivity contribution in [1.29, 1.82) is 0 Å². The zero-order valence-electron chi connectivity index (χ0n) is 12.6. The van der Waals surface area contributed by atoms with Gasteiger partial charge in [-0.15, -0.1) is 0 Å². The minimum Gasteiger partial charge on any atom is -0.496 e. The third-order valence-electron chi connectivity index (χ3n) is 3.56. The number of methoxy groups -OCH3 is 1. The minimum atomic E-state index is -1.23. The molecule has 20 heavy (non-hydrogen) atoms. The molecule has 110 valence electrons. The number of carboxylic acids is 1. The van der Waals surface area contributed by atoms with Crippen LogP contribution < -0.4 is 4.74 Å². The molecule has 1 rings (SSSR count). The van der Waals surface area contributed by atoms with Gasteiger partial charge in [0, 0.05) is 7.05 Å². The predicted molar refractivity (Wildman–Crippen MR) is 75.9 cm³/mol. The maximum atomic E-state index is 12.2. The van der Waals surface area contributed by atoms with E-state index in [0.29, 0.717) is 0 Å². The summed E-state index contributed by atoms with van der Waals surface area (Å²) in [4.78, 5) is 24.6. The molecule has 5 heteroatoms. The maximum Gasteiger partial charge on any atom is 0.329 e. The first kappa shape index (κ1) is 16.0. The summed E-state index contributed by atoms with van der Waals surface area (Å²) < 4.78 is 5.21. The minimum absolute atomic E-state index is 0.143. The zero-order valence-corrected chi connectivity index (χ0v) is 12.6. The molecule has 0 aliphatic heterocycles. The number of hydrogen-bond donors (Lipinski definition) is 1. The van der Waals surface area contributed by atoms with Crippen LogP contribution in [0.15, 0.2) is 18.2 Å². The molecule has 5 nitrogen and oxygen atoms in total. The van der Waals surface area contributed by atoms with Gasteiger partial charge in [-0.05, 0) is 38.0 Å². The molecular weight excluding hydrogens is 258 g/mol. The van der Waals surface area contributed by atoms with Crippen LogP contribution in [0.3, 0.4) is 0 Å². The average Bonchev–Trinajstić information content (AvgIpc) is 2.39. The fraction of sp³-hybridized carbons (Fsp3) is 0.467. The number of ether oxygens (including phenoxy) is 1. The van der Waals surface area contributed by atoms with Crippen LogP contribution in [0.2, 0.25) is 0 Å². The van der Waals surface area contributed by atoms with Gasteiger partial charge in [0.25, 0.3) is 0 Å². The van der Waals surface area contributed by atoms with Gasteiger partial charge in [0.2, 0.25) is 5.91 Å². The molecule has 0 aliphatic rings. The van der Waals surface area contributed by atoms with E-state index in [9.17, 15) is 9.59 Å². The number of amides is 1. The van der Waals surface area contributed by atoms with Crippen molar-refractivity contribution < 1.29 is 19.4 Å². The lowest BCUT2D eigenvalue weighted by molar-refractivity contribution is -0.155. The van der Waals surface area contributed by atoms with Crippen molar-refractivity contribution in [2.45, 2.75) is 32.7 Å². The molecule has 0 radical (unpaired) electrons. The summed E-state index contributed by atoms with van der Waals surface area (Å²) >= 11 is 0. The molecule has 0 saturated heterocycles. The van der Waals surface area contributed by atoms with Gasteiger partial charge in [0.15, 0.2) is 0 Å². The van der Waals surface area contributed by atoms with Crippen LogP contribution in [0.4, 0.5) is 0 Å². The Morgan fingerprint density at radius 1 is 1.35 bits per heavy atom. The molecular formula is C15H21NO4. The van der Waals surface area contributed by atoms with Crippen molar-refractivity contribution in [1.82, 2.24) is 4.90 Å². The fourth-order valence-electron chi connectivity index (χ4n) is 1.72. The number of hydrogen-bond acceptors (Lipinski definition) is 3. The summed E-state index contributed by atoms with van der Waals surface area (Å²) in [5, 5.41) is 9.13. The number of carboxylic acid groups (broad SMARTS) is 1. The van der Waals surface area contributed by atoms with E-state index in [-0.39, 0.29) is 12.3 Å². The van der Waals surface area contributed by atoms with Crippen LogP contribution in [0, 0.1) is 6.92 Å². The smallest absolute Gasteiger partial charge is 0.329 e. The molecule has 0 bridgehead atoms. The molecule has 0 aromatic heterocycles. The van der Waals surface area contributed by atoms with E-state index in [4.69, 9.17) is 9.84 Å². The van der Waals surface area contributed by atoms with Crippen LogP contribution in [0.1, 0.15) is 25.0 Å². The summed E-state index contributed by atoms with van der Waals surface area (Å²) in [7, 11) is 3.08. The molecule has 1 N–H and O–H groups in total. The lowest BCUT2D eigenvalue weighted by Gasteiger charge is -2.31. The molecule has 1 aromatic carbocycles. The molecule has 0 atom stereocenters. The van der Waals surface area contributed by atoms with E-state index in [1.165, 1.54) is 25.8 Å². The van der Waals surface area contributed by atoms with Gasteiger partial charge >= 0.3 is 5.97 Å². The number of nitrogens with zero attached hydrogens (tertiary/aromatic N) is 1. The van der Waals surface area contributed by atoms with Crippen molar-refractivity contribution in [2.24, 2.45) is 0 Å². The fourth-order valence-corrected chi connectivity index (χ4v) is 1.72. The van der Waals surface area contributed by atoms with Crippen LogP contribution in [0.25, 0.3) is 0 Å². The van der Waals surface area contributed by atoms with E-state index in [2.05, 4.69) is 0 Å². The molecule has 0 fully saturated rings. The van der Waals surface area contributed by atoms with Gasteiger partial charge in [-0.2, -0.15) is 0 Å². The monoisotopic (exact) mass is 279 g/mol. The van der Waals surface area contributed by atoms with E-state index >= 15 is 0 Å². The van der Waals surface area contributed by atoms with Crippen LogP contribution in [-0.2, 0) is 16.0 Å². The Bertz CT molecular complexity index is 523. The molecule has 0 spiro atoms. The third kappa shape index (κ3) is 3.29. The summed E-state index contributed by atoms with van der Waals surface area (Å²) in [6.07, 6.45) is 0.143. The number of benzene rings is 1. The molecule has 0 unspecified atom stereocenters. The van der Waals surface area contributed by atoms with E-state index < -0.39 is 11.5 Å². The summed E-state index contributed by atoms with van der Waals surface area (Å²) in [6, 6.07) is 5.52. The average molecular weight is 279 g/mol. The van der Waals surface area contributed by atoms with Crippen molar-refractivity contribution in [3.63, 3.8) is 0 Å². The van der Waals surface area contributed by atoms with Crippen molar-refractivity contribution in [3.05, 3.63) is 29.3 Å². The highest BCUT2D eigenvalue weighted by Crippen LogP contribution is 2.20.